The van der Waals surface area contributed by atoms with Crippen molar-refractivity contribution < 1.29 is 13.2 Å². The Kier molecular flexibility index (Phi) is 5.13. The second-order valence-electron chi connectivity index (χ2n) is 6.91. The summed E-state index contributed by atoms with van der Waals surface area (Å²) < 4.78 is 31.5. The van der Waals surface area contributed by atoms with Crippen LogP contribution < -0.4 is 4.72 Å². The van der Waals surface area contributed by atoms with E-state index in [-0.39, 0.29) is 11.7 Å². The second-order valence-corrected chi connectivity index (χ2v) is 10.1. The Morgan fingerprint density at radius 2 is 2.26 bits per heavy atom. The van der Waals surface area contributed by atoms with Crippen molar-refractivity contribution in [3.8, 4) is 0 Å². The van der Waals surface area contributed by atoms with Crippen LogP contribution in [0.1, 0.15) is 35.4 Å². The molecule has 1 N–H and O–H groups in total. The predicted molar refractivity (Wildman–Crippen MR) is 93.3 cm³/mol. The summed E-state index contributed by atoms with van der Waals surface area (Å²) in [7, 11) is -3.15. The van der Waals surface area contributed by atoms with Gasteiger partial charge in [-0.25, -0.2) is 13.1 Å². The monoisotopic (exact) mass is 358 g/mol. The molecule has 0 aromatic carbocycles. The maximum Gasteiger partial charge on any atom is 0.208 e. The van der Waals surface area contributed by atoms with E-state index in [1.165, 1.54) is 16.0 Å². The highest BCUT2D eigenvalue weighted by Gasteiger charge is 2.42. The molecule has 1 aromatic heterocycles. The largest absolute Gasteiger partial charge is 0.369 e. The number of thiophene rings is 1. The molecule has 2 aliphatic rings. The minimum Gasteiger partial charge on any atom is -0.369 e. The zero-order valence-corrected chi connectivity index (χ0v) is 15.5. The lowest BCUT2D eigenvalue weighted by atomic mass is 9.90. The molecule has 2 saturated heterocycles. The normalized spacial score (nSPS) is 29.4. The van der Waals surface area contributed by atoms with Crippen molar-refractivity contribution >= 4 is 21.4 Å². The Hall–Kier alpha value is -0.470. The summed E-state index contributed by atoms with van der Waals surface area (Å²) in [5.41, 5.74) is -0.0750. The first-order valence-corrected chi connectivity index (χ1v) is 10.9. The van der Waals surface area contributed by atoms with Crippen LogP contribution in [0.3, 0.4) is 0 Å². The van der Waals surface area contributed by atoms with E-state index in [1.54, 1.807) is 0 Å². The smallest absolute Gasteiger partial charge is 0.208 e. The minimum absolute atomic E-state index is 0.00223. The van der Waals surface area contributed by atoms with Crippen LogP contribution in [0.25, 0.3) is 0 Å². The molecule has 0 bridgehead atoms. The summed E-state index contributed by atoms with van der Waals surface area (Å²) >= 11 is 1.86. The van der Waals surface area contributed by atoms with Gasteiger partial charge in [0.15, 0.2) is 0 Å². The number of aryl methyl sites for hydroxylation is 1. The molecule has 2 atom stereocenters. The molecule has 3 heterocycles. The van der Waals surface area contributed by atoms with E-state index in [9.17, 15) is 8.42 Å². The summed E-state index contributed by atoms with van der Waals surface area (Å²) in [5.74, 6) is 0. The SMILES string of the molecule is Cc1ccc(CN2CC[C@]3(CCC[C@H](CNS(C)(=O)=O)O3)C2)s1. The first-order chi connectivity index (χ1) is 10.8. The maximum atomic E-state index is 11.3. The topological polar surface area (TPSA) is 58.6 Å². The molecule has 23 heavy (non-hydrogen) atoms. The second kappa shape index (κ2) is 6.80. The fraction of sp³-hybridized carbons (Fsp3) is 0.750. The molecule has 0 aliphatic carbocycles. The quantitative estimate of drug-likeness (QED) is 0.876. The molecule has 1 aromatic rings. The van der Waals surface area contributed by atoms with Crippen LogP contribution in [0, 0.1) is 6.92 Å². The van der Waals surface area contributed by atoms with E-state index in [2.05, 4.69) is 28.7 Å². The molecule has 0 radical (unpaired) electrons. The molecule has 1 spiro atoms. The van der Waals surface area contributed by atoms with Crippen LogP contribution in [0.5, 0.6) is 0 Å². The number of rotatable bonds is 5. The van der Waals surface area contributed by atoms with E-state index < -0.39 is 10.0 Å². The predicted octanol–water partition coefficient (Wildman–Crippen LogP) is 2.12. The van der Waals surface area contributed by atoms with Gasteiger partial charge in [0.25, 0.3) is 0 Å². The average molecular weight is 359 g/mol. The molecule has 0 unspecified atom stereocenters. The van der Waals surface area contributed by atoms with Crippen molar-refractivity contribution in [3.63, 3.8) is 0 Å². The summed E-state index contributed by atoms with van der Waals surface area (Å²) in [6.07, 6.45) is 5.39. The van der Waals surface area contributed by atoms with Crippen LogP contribution in [0.4, 0.5) is 0 Å². The van der Waals surface area contributed by atoms with E-state index in [0.717, 1.165) is 45.3 Å². The van der Waals surface area contributed by atoms with E-state index in [0.29, 0.717) is 6.54 Å². The molecule has 7 heteroatoms. The summed E-state index contributed by atoms with van der Waals surface area (Å²) in [6, 6.07) is 4.39. The van der Waals surface area contributed by atoms with E-state index >= 15 is 0 Å². The Labute approximate surface area is 143 Å². The third-order valence-electron chi connectivity index (χ3n) is 4.72. The van der Waals surface area contributed by atoms with Crippen LogP contribution in [0.2, 0.25) is 0 Å². The van der Waals surface area contributed by atoms with E-state index in [1.807, 2.05) is 11.3 Å². The lowest BCUT2D eigenvalue weighted by Gasteiger charge is -2.38. The highest BCUT2D eigenvalue weighted by Crippen LogP contribution is 2.37. The Morgan fingerprint density at radius 1 is 1.43 bits per heavy atom. The Balaban J connectivity index is 1.55. The number of hydrogen-bond acceptors (Lipinski definition) is 5. The number of likely N-dealkylation sites (tertiary alicyclic amines) is 1. The van der Waals surface area contributed by atoms with Gasteiger partial charge in [-0.1, -0.05) is 0 Å². The van der Waals surface area contributed by atoms with Crippen molar-refractivity contribution in [1.82, 2.24) is 9.62 Å². The zero-order chi connectivity index (χ0) is 16.5. The zero-order valence-electron chi connectivity index (χ0n) is 13.9. The van der Waals surface area contributed by atoms with Crippen LogP contribution in [-0.2, 0) is 21.3 Å². The van der Waals surface area contributed by atoms with Gasteiger partial charge in [0.2, 0.25) is 10.0 Å². The molecule has 2 aliphatic heterocycles. The molecular weight excluding hydrogens is 332 g/mol. The summed E-state index contributed by atoms with van der Waals surface area (Å²) in [6.45, 7) is 5.55. The molecule has 0 saturated carbocycles. The van der Waals surface area contributed by atoms with Gasteiger partial charge in [0.1, 0.15) is 0 Å². The Morgan fingerprint density at radius 3 is 2.96 bits per heavy atom. The summed E-state index contributed by atoms with van der Waals surface area (Å²) in [4.78, 5) is 5.23. The van der Waals surface area contributed by atoms with Crippen molar-refractivity contribution in [1.29, 1.82) is 0 Å². The summed E-state index contributed by atoms with van der Waals surface area (Å²) in [5, 5.41) is 0. The maximum absolute atomic E-state index is 11.3. The van der Waals surface area contributed by atoms with Gasteiger partial charge in [-0.3, -0.25) is 4.90 Å². The molecule has 2 fully saturated rings. The van der Waals surface area contributed by atoms with Gasteiger partial charge < -0.3 is 4.74 Å². The van der Waals surface area contributed by atoms with Gasteiger partial charge in [-0.15, -0.1) is 11.3 Å². The first kappa shape index (κ1) is 17.4. The van der Waals surface area contributed by atoms with Crippen molar-refractivity contribution in [3.05, 3.63) is 21.9 Å². The van der Waals surface area contributed by atoms with Gasteiger partial charge >= 0.3 is 0 Å². The third kappa shape index (κ3) is 4.76. The molecule has 130 valence electrons. The van der Waals surface area contributed by atoms with Gasteiger partial charge in [0, 0.05) is 35.9 Å². The molecular formula is C16H26N2O3S2. The highest BCUT2D eigenvalue weighted by atomic mass is 32.2. The van der Waals surface area contributed by atoms with Crippen LogP contribution in [0.15, 0.2) is 12.1 Å². The number of sulfonamides is 1. The third-order valence-corrected chi connectivity index (χ3v) is 6.40. The number of nitrogens with zero attached hydrogens (tertiary/aromatic N) is 1. The minimum atomic E-state index is -3.15. The molecule has 5 nitrogen and oxygen atoms in total. The Bertz CT molecular complexity index is 644. The van der Waals surface area contributed by atoms with Gasteiger partial charge in [-0.05, 0) is 44.7 Å². The number of hydrogen-bond donors (Lipinski definition) is 1. The van der Waals surface area contributed by atoms with Crippen LogP contribution in [-0.4, -0.2) is 50.9 Å². The first-order valence-electron chi connectivity index (χ1n) is 8.24. The molecule has 0 amide bonds. The van der Waals surface area contributed by atoms with Crippen molar-refractivity contribution in [2.45, 2.75) is 50.9 Å². The highest BCUT2D eigenvalue weighted by molar-refractivity contribution is 7.88. The van der Waals surface area contributed by atoms with Gasteiger partial charge in [-0.2, -0.15) is 0 Å². The van der Waals surface area contributed by atoms with Crippen LogP contribution >= 0.6 is 11.3 Å². The van der Waals surface area contributed by atoms with Crippen molar-refractivity contribution in [2.75, 3.05) is 25.9 Å². The number of nitrogens with one attached hydrogen (secondary N) is 1. The lowest BCUT2D eigenvalue weighted by molar-refractivity contribution is -0.118. The fourth-order valence-corrected chi connectivity index (χ4v) is 5.09. The standard InChI is InChI=1S/C16H26N2O3S2/c1-13-5-6-15(22-13)11-18-9-8-16(12-18)7-3-4-14(21-16)10-17-23(2,19)20/h5-6,14,17H,3-4,7-12H2,1-2H3/t14-,16-/m1/s1. The lowest BCUT2D eigenvalue weighted by Crippen LogP contribution is -2.46. The van der Waals surface area contributed by atoms with Crippen molar-refractivity contribution in [2.24, 2.45) is 0 Å². The molecule has 3 rings (SSSR count). The number of ether oxygens (including phenoxy) is 1. The van der Waals surface area contributed by atoms with E-state index in [4.69, 9.17) is 4.74 Å². The van der Waals surface area contributed by atoms with Gasteiger partial charge in [0.05, 0.1) is 18.0 Å². The average Bonchev–Trinajstić information content (AvgIpc) is 3.04. The fourth-order valence-electron chi connectivity index (χ4n) is 3.66.